The van der Waals surface area contributed by atoms with Gasteiger partial charge < -0.3 is 19.5 Å². The molecule has 0 radical (unpaired) electrons. The number of anilines is 1. The number of alkyl halides is 3. The van der Waals surface area contributed by atoms with E-state index >= 15 is 0 Å². The van der Waals surface area contributed by atoms with E-state index < -0.39 is 24.7 Å². The molecule has 1 unspecified atom stereocenters. The van der Waals surface area contributed by atoms with Crippen molar-refractivity contribution >= 4 is 28.7 Å². The lowest BCUT2D eigenvalue weighted by Crippen LogP contribution is -2.48. The predicted molar refractivity (Wildman–Crippen MR) is 174 cm³/mol. The Kier molecular flexibility index (Phi) is 11.0. The van der Waals surface area contributed by atoms with Gasteiger partial charge in [-0.15, -0.1) is 0 Å². The lowest BCUT2D eigenvalue weighted by atomic mass is 9.97. The Bertz CT molecular complexity index is 1570. The first-order valence-corrected chi connectivity index (χ1v) is 16.4. The van der Waals surface area contributed by atoms with Crippen molar-refractivity contribution in [2.45, 2.75) is 64.7 Å². The molecule has 1 aliphatic heterocycles. The molecule has 2 fully saturated rings. The number of carbonyl (C=O) groups is 2. The van der Waals surface area contributed by atoms with Gasteiger partial charge in [0.1, 0.15) is 5.75 Å². The van der Waals surface area contributed by atoms with Gasteiger partial charge in [-0.05, 0) is 67.5 Å². The second-order valence-electron chi connectivity index (χ2n) is 12.6. The van der Waals surface area contributed by atoms with Crippen LogP contribution in [-0.2, 0) is 16.0 Å². The average Bonchev–Trinajstić information content (AvgIpc) is 3.78. The maximum absolute atomic E-state index is 13.2. The zero-order valence-corrected chi connectivity index (χ0v) is 27.6. The standard InChI is InChI=1S/C35H45F3N4O5/c1-5-6-17-47-34(44)42-13-11-26-28(31(45-3)18-23(2)32(26)42)21-41-16-15-40(14-12-35(36,37)38)22-30(41)25-9-10-27(33(43)46-4)29(19-25)39-20-24-7-8-24/h9-11,13,18-19,24,30,39H,5-8,12,14-17,20-22H2,1-4H3. The minimum absolute atomic E-state index is 0.0953. The molecule has 2 aromatic carbocycles. The Morgan fingerprint density at radius 3 is 2.55 bits per heavy atom. The number of benzene rings is 2. The molecule has 1 N–H and O–H groups in total. The summed E-state index contributed by atoms with van der Waals surface area (Å²) in [4.78, 5) is 29.7. The molecule has 1 aliphatic carbocycles. The van der Waals surface area contributed by atoms with Crippen molar-refractivity contribution in [2.75, 3.05) is 58.9 Å². The summed E-state index contributed by atoms with van der Waals surface area (Å²) in [6, 6.07) is 9.05. The van der Waals surface area contributed by atoms with Gasteiger partial charge in [0.15, 0.2) is 0 Å². The summed E-state index contributed by atoms with van der Waals surface area (Å²) in [6.45, 7) is 6.69. The SMILES string of the molecule is CCCCOC(=O)n1ccc2c(CN3CCN(CCC(F)(F)F)CC3c3ccc(C(=O)OC)c(NCC4CC4)c3)c(OC)cc(C)c21. The minimum Gasteiger partial charge on any atom is -0.496 e. The number of nitrogens with zero attached hydrogens (tertiary/aromatic N) is 3. The lowest BCUT2D eigenvalue weighted by molar-refractivity contribution is -0.139. The van der Waals surface area contributed by atoms with Crippen LogP contribution in [-0.4, -0.2) is 86.2 Å². The highest BCUT2D eigenvalue weighted by Gasteiger charge is 2.34. The smallest absolute Gasteiger partial charge is 0.418 e. The maximum Gasteiger partial charge on any atom is 0.418 e. The molecule has 9 nitrogen and oxygen atoms in total. The summed E-state index contributed by atoms with van der Waals surface area (Å²) >= 11 is 0. The summed E-state index contributed by atoms with van der Waals surface area (Å²) in [5.74, 6) is 0.769. The topological polar surface area (TPSA) is 85.3 Å². The van der Waals surface area contributed by atoms with Crippen LogP contribution in [0.5, 0.6) is 5.75 Å². The number of hydrogen-bond donors (Lipinski definition) is 1. The molecule has 2 aliphatic rings. The van der Waals surface area contributed by atoms with Gasteiger partial charge in [0, 0.05) is 68.1 Å². The third-order valence-electron chi connectivity index (χ3n) is 9.13. The molecular weight excluding hydrogens is 613 g/mol. The van der Waals surface area contributed by atoms with Crippen molar-refractivity contribution in [3.8, 4) is 5.75 Å². The van der Waals surface area contributed by atoms with Gasteiger partial charge in [-0.2, -0.15) is 13.2 Å². The number of fused-ring (bicyclic) bond motifs is 1. The summed E-state index contributed by atoms with van der Waals surface area (Å²) in [5, 5.41) is 4.27. The predicted octanol–water partition coefficient (Wildman–Crippen LogP) is 7.16. The number of esters is 1. The van der Waals surface area contributed by atoms with Crippen molar-refractivity contribution in [2.24, 2.45) is 5.92 Å². The number of methoxy groups -OCH3 is 2. The molecule has 5 rings (SSSR count). The number of nitrogens with one attached hydrogen (secondary N) is 1. The fraction of sp³-hybridized carbons (Fsp3) is 0.543. The number of ether oxygens (including phenoxy) is 3. The van der Waals surface area contributed by atoms with E-state index in [4.69, 9.17) is 14.2 Å². The van der Waals surface area contributed by atoms with Crippen LogP contribution in [0.1, 0.15) is 72.1 Å². The molecule has 47 heavy (non-hydrogen) atoms. The number of hydrogen-bond acceptors (Lipinski definition) is 8. The lowest BCUT2D eigenvalue weighted by Gasteiger charge is -2.42. The molecule has 12 heteroatoms. The average molecular weight is 659 g/mol. The first kappa shape index (κ1) is 34.6. The van der Waals surface area contributed by atoms with Gasteiger partial charge >= 0.3 is 18.2 Å². The molecule has 2 heterocycles. The van der Waals surface area contributed by atoms with E-state index in [0.29, 0.717) is 55.7 Å². The first-order valence-electron chi connectivity index (χ1n) is 16.4. The molecule has 1 saturated heterocycles. The quantitative estimate of drug-likeness (QED) is 0.153. The number of piperazine rings is 1. The zero-order chi connectivity index (χ0) is 33.7. The highest BCUT2D eigenvalue weighted by Crippen LogP contribution is 2.38. The number of rotatable bonds is 13. The van der Waals surface area contributed by atoms with Crippen LogP contribution in [0, 0.1) is 12.8 Å². The maximum atomic E-state index is 13.2. The molecule has 1 atom stereocenters. The normalized spacial score (nSPS) is 17.6. The summed E-state index contributed by atoms with van der Waals surface area (Å²) in [7, 11) is 2.95. The molecular formula is C35H45F3N4O5. The van der Waals surface area contributed by atoms with Crippen molar-refractivity contribution in [1.82, 2.24) is 14.4 Å². The van der Waals surface area contributed by atoms with Gasteiger partial charge in [-0.25, -0.2) is 9.59 Å². The van der Waals surface area contributed by atoms with E-state index in [1.807, 2.05) is 43.0 Å². The number of aromatic nitrogens is 1. The second-order valence-corrected chi connectivity index (χ2v) is 12.6. The van der Waals surface area contributed by atoms with Crippen molar-refractivity contribution < 1.29 is 37.0 Å². The largest absolute Gasteiger partial charge is 0.496 e. The second kappa shape index (κ2) is 15.0. The highest BCUT2D eigenvalue weighted by atomic mass is 19.4. The Balaban J connectivity index is 1.50. The van der Waals surface area contributed by atoms with Crippen LogP contribution in [0.3, 0.4) is 0 Å². The van der Waals surface area contributed by atoms with E-state index in [1.165, 1.54) is 11.7 Å². The van der Waals surface area contributed by atoms with Crippen LogP contribution in [0.4, 0.5) is 23.7 Å². The number of halogens is 3. The number of carbonyl (C=O) groups excluding carboxylic acids is 2. The fourth-order valence-corrected chi connectivity index (χ4v) is 6.29. The van der Waals surface area contributed by atoms with Crippen LogP contribution in [0.25, 0.3) is 10.9 Å². The monoisotopic (exact) mass is 658 g/mol. The molecule has 1 saturated carbocycles. The van der Waals surface area contributed by atoms with E-state index in [9.17, 15) is 22.8 Å². The van der Waals surface area contributed by atoms with Gasteiger partial charge in [-0.1, -0.05) is 19.4 Å². The van der Waals surface area contributed by atoms with E-state index in [-0.39, 0.29) is 12.6 Å². The Morgan fingerprint density at radius 1 is 1.09 bits per heavy atom. The Morgan fingerprint density at radius 2 is 1.87 bits per heavy atom. The van der Waals surface area contributed by atoms with Gasteiger partial charge in [0.25, 0.3) is 0 Å². The molecule has 1 aromatic heterocycles. The third kappa shape index (κ3) is 8.39. The van der Waals surface area contributed by atoms with Gasteiger partial charge in [0.2, 0.25) is 0 Å². The van der Waals surface area contributed by atoms with Crippen LogP contribution < -0.4 is 10.1 Å². The third-order valence-corrected chi connectivity index (χ3v) is 9.13. The van der Waals surface area contributed by atoms with E-state index in [1.54, 1.807) is 19.4 Å². The Hall–Kier alpha value is -3.77. The van der Waals surface area contributed by atoms with Crippen LogP contribution >= 0.6 is 0 Å². The fourth-order valence-electron chi connectivity index (χ4n) is 6.29. The number of unbranched alkanes of at least 4 members (excludes halogenated alkanes) is 1. The summed E-state index contributed by atoms with van der Waals surface area (Å²) < 4.78 is 57.6. The minimum atomic E-state index is -4.25. The molecule has 256 valence electrons. The molecule has 0 amide bonds. The Labute approximate surface area is 273 Å². The molecule has 0 bridgehead atoms. The molecule has 3 aromatic rings. The first-order chi connectivity index (χ1) is 22.5. The highest BCUT2D eigenvalue weighted by molar-refractivity contribution is 5.96. The van der Waals surface area contributed by atoms with Crippen LogP contribution in [0.2, 0.25) is 0 Å². The van der Waals surface area contributed by atoms with Crippen LogP contribution in [0.15, 0.2) is 36.5 Å². The number of aryl methyl sites for hydroxylation is 1. The van der Waals surface area contributed by atoms with Gasteiger partial charge in [0.05, 0.1) is 38.3 Å². The van der Waals surface area contributed by atoms with Crippen molar-refractivity contribution in [3.05, 3.63) is 58.8 Å². The summed E-state index contributed by atoms with van der Waals surface area (Å²) in [5.41, 5.74) is 4.42. The zero-order valence-electron chi connectivity index (χ0n) is 27.6. The summed E-state index contributed by atoms with van der Waals surface area (Å²) in [6.07, 6.45) is 0.0903. The van der Waals surface area contributed by atoms with E-state index in [0.717, 1.165) is 59.8 Å². The van der Waals surface area contributed by atoms with Crippen molar-refractivity contribution in [3.63, 3.8) is 0 Å². The van der Waals surface area contributed by atoms with E-state index in [2.05, 4.69) is 10.2 Å². The van der Waals surface area contributed by atoms with Gasteiger partial charge in [-0.3, -0.25) is 14.4 Å². The molecule has 0 spiro atoms. The van der Waals surface area contributed by atoms with Crippen molar-refractivity contribution in [1.29, 1.82) is 0 Å².